The molecule has 1 atom stereocenters. The Morgan fingerprint density at radius 2 is 1.38 bits per heavy atom. The van der Waals surface area contributed by atoms with E-state index in [0.29, 0.717) is 68.1 Å². The van der Waals surface area contributed by atoms with E-state index in [1.165, 1.54) is 18.2 Å². The van der Waals surface area contributed by atoms with Crippen LogP contribution >= 0.6 is 0 Å². The molecule has 0 aromatic heterocycles. The molecule has 0 heterocycles. The molecule has 0 amide bonds. The van der Waals surface area contributed by atoms with Crippen LogP contribution in [0, 0.1) is 40.8 Å². The van der Waals surface area contributed by atoms with Gasteiger partial charge in [-0.15, -0.1) is 0 Å². The number of esters is 1. The molecular weight excluding hydrogens is 594 g/mol. The first kappa shape index (κ1) is 32.6. The van der Waals surface area contributed by atoms with Crippen LogP contribution in [0.3, 0.4) is 0 Å². The lowest BCUT2D eigenvalue weighted by atomic mass is 9.78. The fourth-order valence-corrected chi connectivity index (χ4v) is 6.46. The van der Waals surface area contributed by atoms with Crippen LogP contribution in [0.1, 0.15) is 87.8 Å². The van der Waals surface area contributed by atoms with E-state index in [0.717, 1.165) is 12.5 Å². The first-order chi connectivity index (χ1) is 21.6. The molecule has 9 heteroatoms. The largest absolute Gasteiger partial charge is 0.491 e. The molecule has 1 unspecified atom stereocenters. The maximum Gasteiger partial charge on any atom is 0.309 e. The van der Waals surface area contributed by atoms with E-state index in [1.54, 1.807) is 25.1 Å². The van der Waals surface area contributed by atoms with E-state index in [2.05, 4.69) is 0 Å². The van der Waals surface area contributed by atoms with Crippen molar-refractivity contribution in [3.63, 3.8) is 0 Å². The number of ether oxygens (including phenoxy) is 2. The zero-order valence-corrected chi connectivity index (χ0v) is 25.3. The number of rotatable bonds is 9. The zero-order chi connectivity index (χ0) is 32.2. The molecule has 3 aromatic carbocycles. The average Bonchev–Trinajstić information content (AvgIpc) is 3.04. The van der Waals surface area contributed by atoms with Crippen molar-refractivity contribution in [2.45, 2.75) is 83.7 Å². The predicted molar refractivity (Wildman–Crippen MR) is 160 cm³/mol. The first-order valence-electron chi connectivity index (χ1n) is 15.6. The highest BCUT2D eigenvalue weighted by Gasteiger charge is 2.32. The van der Waals surface area contributed by atoms with Gasteiger partial charge in [-0.1, -0.05) is 43.7 Å². The van der Waals surface area contributed by atoms with Crippen molar-refractivity contribution in [2.24, 2.45) is 5.92 Å². The van der Waals surface area contributed by atoms with Crippen LogP contribution in [0.25, 0.3) is 16.7 Å². The highest BCUT2D eigenvalue weighted by atomic mass is 19.2. The molecule has 2 aliphatic rings. The second-order valence-electron chi connectivity index (χ2n) is 11.8. The Kier molecular flexibility index (Phi) is 10.2. The van der Waals surface area contributed by atoms with Crippen LogP contribution in [0.4, 0.5) is 26.3 Å². The monoisotopic (exact) mass is 630 g/mol. The van der Waals surface area contributed by atoms with Gasteiger partial charge in [0.25, 0.3) is 0 Å². The Morgan fingerprint density at radius 3 is 2.02 bits per heavy atom. The second-order valence-corrected chi connectivity index (χ2v) is 11.8. The number of carbonyl (C=O) groups is 1. The van der Waals surface area contributed by atoms with E-state index in [-0.39, 0.29) is 35.7 Å². The molecule has 0 aliphatic heterocycles. The fraction of sp³-hybridized carbons (Fsp3) is 0.417. The summed E-state index contributed by atoms with van der Waals surface area (Å²) in [5.74, 6) is -7.80. The van der Waals surface area contributed by atoms with Crippen LogP contribution in [-0.2, 0) is 16.0 Å². The summed E-state index contributed by atoms with van der Waals surface area (Å²) in [6, 6.07) is 8.19. The van der Waals surface area contributed by atoms with Crippen molar-refractivity contribution in [1.82, 2.24) is 0 Å². The van der Waals surface area contributed by atoms with Gasteiger partial charge >= 0.3 is 5.97 Å². The third-order valence-electron chi connectivity index (χ3n) is 8.92. The maximum absolute atomic E-state index is 15.2. The molecule has 1 saturated carbocycles. The predicted octanol–water partition coefficient (Wildman–Crippen LogP) is 9.99. The minimum absolute atomic E-state index is 0.0116. The molecule has 0 spiro atoms. The van der Waals surface area contributed by atoms with Gasteiger partial charge in [0, 0.05) is 23.1 Å². The van der Waals surface area contributed by atoms with Gasteiger partial charge in [-0.2, -0.15) is 4.39 Å². The second kappa shape index (κ2) is 14.1. The molecule has 0 radical (unpaired) electrons. The maximum atomic E-state index is 15.2. The number of aryl methyl sites for hydroxylation is 1. The Balaban J connectivity index is 1.19. The van der Waals surface area contributed by atoms with Gasteiger partial charge in [0.05, 0.1) is 12.5 Å². The number of hydrogen-bond donors (Lipinski definition) is 0. The Labute approximate surface area is 259 Å². The summed E-state index contributed by atoms with van der Waals surface area (Å²) >= 11 is 0. The van der Waals surface area contributed by atoms with Gasteiger partial charge in [-0.05, 0) is 86.6 Å². The van der Waals surface area contributed by atoms with Crippen LogP contribution in [-0.4, -0.2) is 18.7 Å². The molecule has 45 heavy (non-hydrogen) atoms. The summed E-state index contributed by atoms with van der Waals surface area (Å²) in [5, 5.41) is 0. The zero-order valence-electron chi connectivity index (χ0n) is 25.3. The fourth-order valence-electron chi connectivity index (χ4n) is 6.46. The van der Waals surface area contributed by atoms with Gasteiger partial charge in [-0.3, -0.25) is 4.79 Å². The Morgan fingerprint density at radius 1 is 0.733 bits per heavy atom. The lowest BCUT2D eigenvalue weighted by molar-refractivity contribution is -0.155. The topological polar surface area (TPSA) is 35.5 Å². The van der Waals surface area contributed by atoms with Crippen molar-refractivity contribution in [2.75, 3.05) is 6.61 Å². The third kappa shape index (κ3) is 6.77. The van der Waals surface area contributed by atoms with Gasteiger partial charge in [0.2, 0.25) is 5.82 Å². The summed E-state index contributed by atoms with van der Waals surface area (Å²) in [6.45, 7) is 3.64. The highest BCUT2D eigenvalue weighted by molar-refractivity contribution is 5.74. The molecule has 240 valence electrons. The summed E-state index contributed by atoms with van der Waals surface area (Å²) in [6.07, 6.45) is 5.62. The smallest absolute Gasteiger partial charge is 0.309 e. The lowest BCUT2D eigenvalue weighted by Crippen LogP contribution is -2.28. The normalized spacial score (nSPS) is 20.1. The molecule has 1 fully saturated rings. The summed E-state index contributed by atoms with van der Waals surface area (Å²) in [4.78, 5) is 12.9. The van der Waals surface area contributed by atoms with Crippen molar-refractivity contribution < 1.29 is 40.6 Å². The number of hydrogen-bond acceptors (Lipinski definition) is 3. The lowest BCUT2D eigenvalue weighted by Gasteiger charge is -2.30. The van der Waals surface area contributed by atoms with Crippen LogP contribution in [0.15, 0.2) is 42.5 Å². The minimum Gasteiger partial charge on any atom is -0.491 e. The summed E-state index contributed by atoms with van der Waals surface area (Å²) in [7, 11) is 0. The Bertz CT molecular complexity index is 1590. The summed E-state index contributed by atoms with van der Waals surface area (Å²) < 4.78 is 99.3. The van der Waals surface area contributed by atoms with Crippen LogP contribution < -0.4 is 4.74 Å². The third-order valence-corrected chi connectivity index (χ3v) is 8.92. The molecule has 0 bridgehead atoms. The average molecular weight is 631 g/mol. The number of allylic oxidation sites excluding steroid dienone is 1. The van der Waals surface area contributed by atoms with E-state index in [9.17, 15) is 22.4 Å². The number of benzene rings is 3. The number of carbonyl (C=O) groups excluding carboxylic acids is 1. The number of halogens is 6. The van der Waals surface area contributed by atoms with Crippen LogP contribution in [0.2, 0.25) is 0 Å². The molecular formula is C36H36F6O3. The molecule has 3 aromatic rings. The van der Waals surface area contributed by atoms with Crippen LogP contribution in [0.5, 0.6) is 5.75 Å². The molecule has 3 nitrogen and oxygen atoms in total. The van der Waals surface area contributed by atoms with E-state index >= 15 is 8.78 Å². The SMILES string of the molecule is CCCc1ccc(C2CCC(C(=O)OC3CC=C(c4ccc(-c5ccc(OCC)c(F)c5F)c(F)c4F)CC3)CC2)c(F)c1F. The molecule has 5 rings (SSSR count). The van der Waals surface area contributed by atoms with Crippen molar-refractivity contribution in [3.8, 4) is 16.9 Å². The van der Waals surface area contributed by atoms with E-state index in [4.69, 9.17) is 9.47 Å². The Hall–Kier alpha value is -3.75. The standard InChI is InChI=1S/C36H36F6O3/c1-3-5-22-12-15-25(31(38)30(22)37)20-6-8-23(9-7-20)36(43)45-24-13-10-21(11-14-24)26-16-17-27(33(40)32(26)39)28-18-19-29(44-4-2)35(42)34(28)41/h10,12,15-20,23-24H,3-9,11,13-14H2,1-2H3. The highest BCUT2D eigenvalue weighted by Crippen LogP contribution is 2.40. The minimum atomic E-state index is -1.33. The molecule has 0 saturated heterocycles. The van der Waals surface area contributed by atoms with Crippen molar-refractivity contribution in [1.29, 1.82) is 0 Å². The summed E-state index contributed by atoms with van der Waals surface area (Å²) in [5.41, 5.74) is 0.454. The van der Waals surface area contributed by atoms with E-state index in [1.807, 2.05) is 6.92 Å². The molecule has 0 N–H and O–H groups in total. The van der Waals surface area contributed by atoms with Gasteiger partial charge in [-0.25, -0.2) is 22.0 Å². The molecule has 2 aliphatic carbocycles. The van der Waals surface area contributed by atoms with Gasteiger partial charge in [0.1, 0.15) is 6.10 Å². The van der Waals surface area contributed by atoms with Crippen molar-refractivity contribution in [3.05, 3.63) is 94.1 Å². The van der Waals surface area contributed by atoms with Crippen molar-refractivity contribution >= 4 is 11.5 Å². The van der Waals surface area contributed by atoms with Gasteiger partial charge < -0.3 is 9.47 Å². The quantitative estimate of drug-likeness (QED) is 0.174. The van der Waals surface area contributed by atoms with Gasteiger partial charge in [0.15, 0.2) is 34.8 Å². The van der Waals surface area contributed by atoms with E-state index < -0.39 is 52.1 Å². The first-order valence-corrected chi connectivity index (χ1v) is 15.6.